The molecule has 0 heterocycles. The third kappa shape index (κ3) is 6.04. The van der Waals surface area contributed by atoms with Crippen LogP contribution in [0, 0.1) is 28.9 Å². The first-order valence-electron chi connectivity index (χ1n) is 8.23. The van der Waals surface area contributed by atoms with Crippen molar-refractivity contribution in [2.75, 3.05) is 11.9 Å². The van der Waals surface area contributed by atoms with Crippen molar-refractivity contribution in [1.82, 2.24) is 0 Å². The normalized spacial score (nSPS) is 10.9. The molecular weight excluding hydrogens is 378 g/mol. The third-order valence-corrected chi connectivity index (χ3v) is 4.19. The summed E-state index contributed by atoms with van der Waals surface area (Å²) < 4.78 is 10.4. The molecule has 0 spiro atoms. The molecule has 0 radical (unpaired) electrons. The number of nitriles is 2. The quantitative estimate of drug-likeness (QED) is 0.434. The van der Waals surface area contributed by atoms with Crippen molar-refractivity contribution in [3.05, 3.63) is 53.6 Å². The van der Waals surface area contributed by atoms with E-state index in [0.717, 1.165) is 22.2 Å². The van der Waals surface area contributed by atoms with Crippen LogP contribution < -0.4 is 10.1 Å². The Morgan fingerprint density at radius 3 is 2.50 bits per heavy atom. The minimum Gasteiger partial charge on any atom is -0.479 e. The molecule has 28 heavy (non-hydrogen) atoms. The van der Waals surface area contributed by atoms with Crippen LogP contribution in [0.5, 0.6) is 5.75 Å². The number of carbonyl (C=O) groups excluding carboxylic acids is 2. The summed E-state index contributed by atoms with van der Waals surface area (Å²) in [7, 11) is 0. The van der Waals surface area contributed by atoms with Gasteiger partial charge in [0.05, 0.1) is 11.6 Å². The van der Waals surface area contributed by atoms with Crippen LogP contribution in [0.2, 0.25) is 0 Å². The number of amides is 1. The van der Waals surface area contributed by atoms with E-state index in [2.05, 4.69) is 5.32 Å². The maximum atomic E-state index is 12.0. The second kappa shape index (κ2) is 10.0. The molecule has 1 amide bonds. The molecule has 0 aromatic heterocycles. The molecule has 0 saturated carbocycles. The lowest BCUT2D eigenvalue weighted by Crippen LogP contribution is -2.29. The van der Waals surface area contributed by atoms with E-state index in [4.69, 9.17) is 20.0 Å². The fraction of sp³-hybridized carbons (Fsp3) is 0.200. The minimum absolute atomic E-state index is 0.416. The zero-order chi connectivity index (χ0) is 20.5. The highest BCUT2D eigenvalue weighted by molar-refractivity contribution is 8.03. The summed E-state index contributed by atoms with van der Waals surface area (Å²) in [4.78, 5) is 24.8. The second-order valence-corrected chi connectivity index (χ2v) is 6.58. The maximum Gasteiger partial charge on any atom is 0.347 e. The summed E-state index contributed by atoms with van der Waals surface area (Å²) in [6, 6.07) is 13.5. The zero-order valence-corrected chi connectivity index (χ0v) is 16.1. The van der Waals surface area contributed by atoms with Crippen molar-refractivity contribution in [3.8, 4) is 17.2 Å². The Morgan fingerprint density at radius 2 is 1.89 bits per heavy atom. The Morgan fingerprint density at radius 1 is 1.18 bits per heavy atom. The summed E-state index contributed by atoms with van der Waals surface area (Å²) in [6.45, 7) is 2.86. The van der Waals surface area contributed by atoms with E-state index in [-0.39, 0.29) is 0 Å². The smallest absolute Gasteiger partial charge is 0.347 e. The molecule has 7 nitrogen and oxygen atoms in total. The molecule has 1 atom stereocenters. The Balaban J connectivity index is 1.83. The molecule has 0 saturated heterocycles. The number of esters is 1. The standard InChI is InChI=1S/C20H17N3O4S/c1-13-9-17(28-12-22)7-8-18(13)23-19(24)11-26-20(25)14(2)27-16-5-3-15(10-21)4-6-16/h3-9,14H,11H2,1-2H3,(H,23,24)/t14-/m1/s1. The van der Waals surface area contributed by atoms with Crippen LogP contribution in [0.1, 0.15) is 18.1 Å². The van der Waals surface area contributed by atoms with Crippen molar-refractivity contribution < 1.29 is 19.1 Å². The molecular formula is C20H17N3O4S. The number of nitrogens with zero attached hydrogens (tertiary/aromatic N) is 2. The number of aryl methyl sites for hydroxylation is 1. The van der Waals surface area contributed by atoms with Gasteiger partial charge in [0.2, 0.25) is 0 Å². The second-order valence-electron chi connectivity index (χ2n) is 5.72. The number of thiocyanates is 1. The number of carbonyl (C=O) groups is 2. The van der Waals surface area contributed by atoms with Gasteiger partial charge in [-0.2, -0.15) is 10.5 Å². The largest absolute Gasteiger partial charge is 0.479 e. The van der Waals surface area contributed by atoms with Gasteiger partial charge in [0, 0.05) is 10.6 Å². The van der Waals surface area contributed by atoms with E-state index in [1.54, 1.807) is 49.4 Å². The van der Waals surface area contributed by atoms with Crippen LogP contribution in [0.15, 0.2) is 47.4 Å². The van der Waals surface area contributed by atoms with Gasteiger partial charge < -0.3 is 14.8 Å². The number of hydrogen-bond donors (Lipinski definition) is 1. The minimum atomic E-state index is -0.912. The van der Waals surface area contributed by atoms with E-state index in [1.807, 2.05) is 11.5 Å². The third-order valence-electron chi connectivity index (χ3n) is 3.61. The monoisotopic (exact) mass is 395 g/mol. The fourth-order valence-electron chi connectivity index (χ4n) is 2.19. The Kier molecular flexibility index (Phi) is 7.44. The number of hydrogen-bond acceptors (Lipinski definition) is 7. The zero-order valence-electron chi connectivity index (χ0n) is 15.3. The molecule has 0 aliphatic heterocycles. The molecule has 142 valence electrons. The molecule has 0 aliphatic rings. The van der Waals surface area contributed by atoms with Crippen molar-refractivity contribution in [1.29, 1.82) is 10.5 Å². The summed E-state index contributed by atoms with van der Waals surface area (Å²) >= 11 is 1.03. The molecule has 8 heteroatoms. The molecule has 2 rings (SSSR count). The predicted octanol–water partition coefficient (Wildman–Crippen LogP) is 3.39. The molecule has 0 unspecified atom stereocenters. The van der Waals surface area contributed by atoms with Crippen molar-refractivity contribution in [3.63, 3.8) is 0 Å². The first-order valence-corrected chi connectivity index (χ1v) is 9.04. The van der Waals surface area contributed by atoms with Gasteiger partial charge in [-0.05, 0) is 73.6 Å². The average molecular weight is 395 g/mol. The highest BCUT2D eigenvalue weighted by atomic mass is 32.2. The van der Waals surface area contributed by atoms with Crippen LogP contribution in [0.4, 0.5) is 5.69 Å². The number of ether oxygens (including phenoxy) is 2. The summed E-state index contributed by atoms with van der Waals surface area (Å²) in [5.74, 6) is -0.751. The Bertz CT molecular complexity index is 945. The van der Waals surface area contributed by atoms with Gasteiger partial charge in [-0.25, -0.2) is 4.79 Å². The average Bonchev–Trinajstić information content (AvgIpc) is 2.69. The van der Waals surface area contributed by atoms with Crippen LogP contribution in [0.3, 0.4) is 0 Å². The number of rotatable bonds is 7. The van der Waals surface area contributed by atoms with Crippen LogP contribution in [-0.4, -0.2) is 24.6 Å². The fourth-order valence-corrected chi connectivity index (χ4v) is 2.67. The highest BCUT2D eigenvalue weighted by Crippen LogP contribution is 2.23. The van der Waals surface area contributed by atoms with Gasteiger partial charge in [0.15, 0.2) is 12.7 Å². The molecule has 2 aromatic rings. The lowest BCUT2D eigenvalue weighted by molar-refractivity contribution is -0.153. The number of nitrogens with one attached hydrogen (secondary N) is 1. The number of benzene rings is 2. The number of anilines is 1. The molecule has 0 fully saturated rings. The molecule has 0 aliphatic carbocycles. The highest BCUT2D eigenvalue weighted by Gasteiger charge is 2.18. The first-order chi connectivity index (χ1) is 13.4. The van der Waals surface area contributed by atoms with E-state index in [0.29, 0.717) is 17.0 Å². The Hall–Kier alpha value is -3.49. The van der Waals surface area contributed by atoms with E-state index >= 15 is 0 Å². The molecule has 0 bridgehead atoms. The summed E-state index contributed by atoms with van der Waals surface area (Å²) in [5.41, 5.74) is 1.84. The van der Waals surface area contributed by atoms with Crippen LogP contribution in [0.25, 0.3) is 0 Å². The molecule has 1 N–H and O–H groups in total. The lowest BCUT2D eigenvalue weighted by Gasteiger charge is -2.14. The van der Waals surface area contributed by atoms with Crippen molar-refractivity contribution >= 4 is 29.3 Å². The summed E-state index contributed by atoms with van der Waals surface area (Å²) in [5, 5.41) is 22.1. The maximum absolute atomic E-state index is 12.0. The van der Waals surface area contributed by atoms with Gasteiger partial charge in [0.25, 0.3) is 5.91 Å². The predicted molar refractivity (Wildman–Crippen MR) is 103 cm³/mol. The first kappa shape index (κ1) is 20.8. The van der Waals surface area contributed by atoms with Crippen LogP contribution in [-0.2, 0) is 14.3 Å². The summed E-state index contributed by atoms with van der Waals surface area (Å²) in [6.07, 6.45) is -0.912. The topological polar surface area (TPSA) is 112 Å². The van der Waals surface area contributed by atoms with Crippen molar-refractivity contribution in [2.24, 2.45) is 0 Å². The van der Waals surface area contributed by atoms with Gasteiger partial charge in [-0.1, -0.05) is 0 Å². The number of thioether (sulfide) groups is 1. The van der Waals surface area contributed by atoms with Crippen LogP contribution >= 0.6 is 11.8 Å². The SMILES string of the molecule is Cc1cc(SC#N)ccc1NC(=O)COC(=O)[C@@H](C)Oc1ccc(C#N)cc1. The van der Waals surface area contributed by atoms with Gasteiger partial charge in [0.1, 0.15) is 11.2 Å². The van der Waals surface area contributed by atoms with E-state index in [1.165, 1.54) is 6.92 Å². The lowest BCUT2D eigenvalue weighted by atomic mass is 10.2. The van der Waals surface area contributed by atoms with Gasteiger partial charge >= 0.3 is 5.97 Å². The van der Waals surface area contributed by atoms with Gasteiger partial charge in [-0.15, -0.1) is 0 Å². The molecule has 2 aromatic carbocycles. The van der Waals surface area contributed by atoms with E-state index in [9.17, 15) is 9.59 Å². The van der Waals surface area contributed by atoms with Gasteiger partial charge in [-0.3, -0.25) is 4.79 Å². The Labute approximate surface area is 166 Å². The van der Waals surface area contributed by atoms with E-state index < -0.39 is 24.6 Å². The van der Waals surface area contributed by atoms with Crippen molar-refractivity contribution in [2.45, 2.75) is 24.8 Å².